The second kappa shape index (κ2) is 5.65. The van der Waals surface area contributed by atoms with Gasteiger partial charge in [0.25, 0.3) is 0 Å². The summed E-state index contributed by atoms with van der Waals surface area (Å²) < 4.78 is 1.09. The Morgan fingerprint density at radius 2 is 1.82 bits per heavy atom. The Balaban J connectivity index is 2.28. The van der Waals surface area contributed by atoms with Crippen LogP contribution in [0.5, 0.6) is 0 Å². The number of fused-ring (bicyclic) bond motifs is 1. The van der Waals surface area contributed by atoms with Crippen LogP contribution in [0.15, 0.2) is 40.9 Å². The van der Waals surface area contributed by atoms with E-state index in [4.69, 9.17) is 0 Å². The first kappa shape index (κ1) is 12.6. The zero-order chi connectivity index (χ0) is 12.3. The van der Waals surface area contributed by atoms with Gasteiger partial charge in [-0.3, -0.25) is 0 Å². The monoisotopic (exact) mass is 292 g/mol. The predicted molar refractivity (Wildman–Crippen MR) is 76.1 cm³/mol. The van der Waals surface area contributed by atoms with E-state index in [1.807, 2.05) is 12.1 Å². The number of hydrogen-bond acceptors (Lipinski definition) is 1. The second-order valence-electron chi connectivity index (χ2n) is 4.41. The first-order valence-corrected chi connectivity index (χ1v) is 6.87. The van der Waals surface area contributed by atoms with Crippen molar-refractivity contribution in [2.24, 2.45) is 0 Å². The highest BCUT2D eigenvalue weighted by molar-refractivity contribution is 9.10. The molecule has 0 spiro atoms. The fourth-order valence-corrected chi connectivity index (χ4v) is 2.39. The number of rotatable bonds is 4. The summed E-state index contributed by atoms with van der Waals surface area (Å²) in [5, 5.41) is 12.4. The molecule has 2 heteroatoms. The van der Waals surface area contributed by atoms with Crippen molar-refractivity contribution < 1.29 is 5.11 Å². The van der Waals surface area contributed by atoms with Gasteiger partial charge in [0, 0.05) is 4.47 Å². The molecule has 1 atom stereocenters. The highest BCUT2D eigenvalue weighted by atomic mass is 79.9. The van der Waals surface area contributed by atoms with E-state index >= 15 is 0 Å². The fraction of sp³-hybridized carbons (Fsp3) is 0.333. The minimum Gasteiger partial charge on any atom is -0.388 e. The molecule has 0 saturated carbocycles. The average Bonchev–Trinajstić information content (AvgIpc) is 2.35. The van der Waals surface area contributed by atoms with Gasteiger partial charge in [-0.2, -0.15) is 0 Å². The van der Waals surface area contributed by atoms with Gasteiger partial charge in [-0.1, -0.05) is 53.9 Å². The lowest BCUT2D eigenvalue weighted by Crippen LogP contribution is -1.96. The van der Waals surface area contributed by atoms with Gasteiger partial charge in [0.05, 0.1) is 6.10 Å². The molecule has 0 heterocycles. The van der Waals surface area contributed by atoms with Crippen molar-refractivity contribution in [3.8, 4) is 0 Å². The first-order chi connectivity index (χ1) is 8.20. The number of unbranched alkanes of at least 4 members (excludes halogenated alkanes) is 1. The molecule has 0 saturated heterocycles. The van der Waals surface area contributed by atoms with E-state index in [9.17, 15) is 5.11 Å². The number of halogens is 1. The van der Waals surface area contributed by atoms with Crippen LogP contribution in [0.4, 0.5) is 0 Å². The summed E-state index contributed by atoms with van der Waals surface area (Å²) in [4.78, 5) is 0. The van der Waals surface area contributed by atoms with Crippen molar-refractivity contribution in [3.63, 3.8) is 0 Å². The van der Waals surface area contributed by atoms with Crippen LogP contribution in [0.3, 0.4) is 0 Å². The van der Waals surface area contributed by atoms with Crippen LogP contribution in [0.1, 0.15) is 37.9 Å². The standard InChI is InChI=1S/C15H17BrO/c1-2-3-4-15(17)13-6-5-12-10-14(16)8-7-11(12)9-13/h5-10,15,17H,2-4H2,1H3. The lowest BCUT2D eigenvalue weighted by Gasteiger charge is -2.11. The van der Waals surface area contributed by atoms with Crippen LogP contribution in [0.25, 0.3) is 10.8 Å². The average molecular weight is 293 g/mol. The molecular weight excluding hydrogens is 276 g/mol. The van der Waals surface area contributed by atoms with E-state index in [2.05, 4.69) is 47.1 Å². The van der Waals surface area contributed by atoms with E-state index in [1.54, 1.807) is 0 Å². The number of benzene rings is 2. The zero-order valence-corrected chi connectivity index (χ0v) is 11.6. The maximum absolute atomic E-state index is 10.1. The minimum absolute atomic E-state index is 0.331. The second-order valence-corrected chi connectivity index (χ2v) is 5.32. The Kier molecular flexibility index (Phi) is 4.19. The van der Waals surface area contributed by atoms with Crippen molar-refractivity contribution in [2.75, 3.05) is 0 Å². The van der Waals surface area contributed by atoms with Gasteiger partial charge in [-0.05, 0) is 41.0 Å². The number of aliphatic hydroxyl groups is 1. The normalized spacial score (nSPS) is 12.9. The summed E-state index contributed by atoms with van der Waals surface area (Å²) in [6.07, 6.45) is 2.71. The smallest absolute Gasteiger partial charge is 0.0790 e. The number of hydrogen-bond donors (Lipinski definition) is 1. The third kappa shape index (κ3) is 3.08. The van der Waals surface area contributed by atoms with Crippen molar-refractivity contribution >= 4 is 26.7 Å². The van der Waals surface area contributed by atoms with Crippen molar-refractivity contribution in [1.82, 2.24) is 0 Å². The van der Waals surface area contributed by atoms with E-state index < -0.39 is 0 Å². The highest BCUT2D eigenvalue weighted by Gasteiger charge is 2.07. The summed E-state index contributed by atoms with van der Waals surface area (Å²) in [7, 11) is 0. The molecule has 1 nitrogen and oxygen atoms in total. The zero-order valence-electron chi connectivity index (χ0n) is 9.99. The predicted octanol–water partition coefficient (Wildman–Crippen LogP) is 4.83. The Morgan fingerprint density at radius 1 is 1.12 bits per heavy atom. The van der Waals surface area contributed by atoms with Crippen LogP contribution in [-0.2, 0) is 0 Å². The molecule has 0 aliphatic carbocycles. The Morgan fingerprint density at radius 3 is 2.59 bits per heavy atom. The molecule has 2 rings (SSSR count). The summed E-state index contributed by atoms with van der Waals surface area (Å²) in [6, 6.07) is 12.4. The van der Waals surface area contributed by atoms with Crippen LogP contribution in [-0.4, -0.2) is 5.11 Å². The van der Waals surface area contributed by atoms with Gasteiger partial charge in [0.15, 0.2) is 0 Å². The third-order valence-corrected chi connectivity index (χ3v) is 3.54. The van der Waals surface area contributed by atoms with Gasteiger partial charge in [0.1, 0.15) is 0 Å². The Hall–Kier alpha value is -0.860. The molecule has 0 aliphatic rings. The first-order valence-electron chi connectivity index (χ1n) is 6.08. The molecule has 0 amide bonds. The lowest BCUT2D eigenvalue weighted by molar-refractivity contribution is 0.164. The molecule has 0 radical (unpaired) electrons. The molecule has 2 aromatic rings. The molecule has 1 N–H and O–H groups in total. The summed E-state index contributed by atoms with van der Waals surface area (Å²) in [5.74, 6) is 0. The summed E-state index contributed by atoms with van der Waals surface area (Å²) in [5.41, 5.74) is 1.02. The minimum atomic E-state index is -0.331. The van der Waals surface area contributed by atoms with Gasteiger partial charge in [0.2, 0.25) is 0 Å². The van der Waals surface area contributed by atoms with Gasteiger partial charge < -0.3 is 5.11 Å². The fourth-order valence-electron chi connectivity index (χ4n) is 2.01. The van der Waals surface area contributed by atoms with Crippen LogP contribution >= 0.6 is 15.9 Å². The topological polar surface area (TPSA) is 20.2 Å². The number of aliphatic hydroxyl groups excluding tert-OH is 1. The molecular formula is C15H17BrO. The van der Waals surface area contributed by atoms with Gasteiger partial charge in [-0.25, -0.2) is 0 Å². The molecule has 0 bridgehead atoms. The van der Waals surface area contributed by atoms with Gasteiger partial charge >= 0.3 is 0 Å². The SMILES string of the molecule is CCCCC(O)c1ccc2cc(Br)ccc2c1. The maximum atomic E-state index is 10.1. The maximum Gasteiger partial charge on any atom is 0.0790 e. The Bertz CT molecular complexity index is 507. The molecule has 0 aromatic heterocycles. The van der Waals surface area contributed by atoms with E-state index in [0.29, 0.717) is 0 Å². The summed E-state index contributed by atoms with van der Waals surface area (Å²) in [6.45, 7) is 2.14. The van der Waals surface area contributed by atoms with Crippen molar-refractivity contribution in [2.45, 2.75) is 32.3 Å². The quantitative estimate of drug-likeness (QED) is 0.856. The van der Waals surface area contributed by atoms with Crippen molar-refractivity contribution in [1.29, 1.82) is 0 Å². The van der Waals surface area contributed by atoms with Crippen LogP contribution < -0.4 is 0 Å². The largest absolute Gasteiger partial charge is 0.388 e. The molecule has 0 fully saturated rings. The van der Waals surface area contributed by atoms with E-state index in [1.165, 1.54) is 10.8 Å². The van der Waals surface area contributed by atoms with E-state index in [-0.39, 0.29) is 6.10 Å². The molecule has 17 heavy (non-hydrogen) atoms. The Labute approximate surface area is 111 Å². The van der Waals surface area contributed by atoms with Crippen LogP contribution in [0, 0.1) is 0 Å². The van der Waals surface area contributed by atoms with E-state index in [0.717, 1.165) is 29.3 Å². The van der Waals surface area contributed by atoms with Crippen molar-refractivity contribution in [3.05, 3.63) is 46.4 Å². The lowest BCUT2D eigenvalue weighted by atomic mass is 10.0. The molecule has 1 unspecified atom stereocenters. The van der Waals surface area contributed by atoms with Crippen LogP contribution in [0.2, 0.25) is 0 Å². The molecule has 2 aromatic carbocycles. The third-order valence-electron chi connectivity index (χ3n) is 3.04. The summed E-state index contributed by atoms with van der Waals surface area (Å²) >= 11 is 3.46. The van der Waals surface area contributed by atoms with Gasteiger partial charge in [-0.15, -0.1) is 0 Å². The highest BCUT2D eigenvalue weighted by Crippen LogP contribution is 2.25. The molecule has 90 valence electrons. The molecule has 0 aliphatic heterocycles.